The summed E-state index contributed by atoms with van der Waals surface area (Å²) < 4.78 is 25.4. The van der Waals surface area contributed by atoms with Crippen LogP contribution in [-0.2, 0) is 10.0 Å². The van der Waals surface area contributed by atoms with Crippen LogP contribution in [0.3, 0.4) is 0 Å². The molecule has 8 nitrogen and oxygen atoms in total. The first-order valence-electron chi connectivity index (χ1n) is 8.97. The summed E-state index contributed by atoms with van der Waals surface area (Å²) in [5, 5.41) is 4.44. The minimum atomic E-state index is -3.50. The molecule has 0 aliphatic carbocycles. The fourth-order valence-corrected chi connectivity index (χ4v) is 4.53. The van der Waals surface area contributed by atoms with Gasteiger partial charge in [-0.3, -0.25) is 9.10 Å². The molecule has 29 heavy (non-hydrogen) atoms. The smallest absolute Gasteiger partial charge is 0.253 e. The molecule has 1 aromatic carbocycles. The van der Waals surface area contributed by atoms with E-state index in [1.165, 1.54) is 16.6 Å². The molecule has 0 bridgehead atoms. The van der Waals surface area contributed by atoms with E-state index in [1.807, 2.05) is 0 Å². The molecule has 1 atom stereocenters. The molecule has 2 heterocycles. The Morgan fingerprint density at radius 1 is 1.17 bits per heavy atom. The minimum absolute atomic E-state index is 0.217. The van der Waals surface area contributed by atoms with E-state index < -0.39 is 16.1 Å². The summed E-state index contributed by atoms with van der Waals surface area (Å²) in [5.74, 6) is 0.473. The van der Waals surface area contributed by atoms with Crippen LogP contribution in [0.4, 0.5) is 11.8 Å². The summed E-state index contributed by atoms with van der Waals surface area (Å²) in [5.41, 5.74) is 0.933. The Labute approximate surface area is 174 Å². The van der Waals surface area contributed by atoms with Crippen LogP contribution in [0.1, 0.15) is 32.4 Å². The number of benzene rings is 1. The van der Waals surface area contributed by atoms with Crippen LogP contribution in [0.5, 0.6) is 0 Å². The quantitative estimate of drug-likeness (QED) is 0.614. The molecular formula is C19H22ClN5O3S. The molecule has 0 spiro atoms. The van der Waals surface area contributed by atoms with Crippen LogP contribution in [0.15, 0.2) is 41.3 Å². The van der Waals surface area contributed by atoms with Gasteiger partial charge in [-0.2, -0.15) is 4.98 Å². The lowest BCUT2D eigenvalue weighted by atomic mass is 10.1. The number of fused-ring (bicyclic) bond motifs is 1. The van der Waals surface area contributed by atoms with Gasteiger partial charge in [0.15, 0.2) is 0 Å². The van der Waals surface area contributed by atoms with Crippen molar-refractivity contribution in [2.24, 2.45) is 0 Å². The number of nitrogens with zero attached hydrogens (tertiary/aromatic N) is 3. The van der Waals surface area contributed by atoms with Crippen molar-refractivity contribution >= 4 is 44.3 Å². The van der Waals surface area contributed by atoms with Crippen LogP contribution < -0.4 is 15.2 Å². The van der Waals surface area contributed by atoms with E-state index in [9.17, 15) is 13.2 Å². The summed E-state index contributed by atoms with van der Waals surface area (Å²) in [6, 6.07) is 7.79. The van der Waals surface area contributed by atoms with E-state index >= 15 is 0 Å². The van der Waals surface area contributed by atoms with Crippen LogP contribution >= 0.6 is 11.6 Å². The summed E-state index contributed by atoms with van der Waals surface area (Å²) in [6.45, 7) is 5.32. The summed E-state index contributed by atoms with van der Waals surface area (Å²) in [7, 11) is -3.50. The Bertz CT molecular complexity index is 1210. The number of anilines is 2. The second kappa shape index (κ2) is 8.00. The molecule has 10 heteroatoms. The maximum absolute atomic E-state index is 12.5. The maximum atomic E-state index is 12.5. The fourth-order valence-electron chi connectivity index (χ4n) is 3.15. The average molecular weight is 436 g/mol. The normalized spacial score (nSPS) is 12.9. The molecule has 2 aromatic heterocycles. The zero-order valence-electron chi connectivity index (χ0n) is 16.5. The highest BCUT2D eigenvalue weighted by Gasteiger charge is 2.23. The van der Waals surface area contributed by atoms with Gasteiger partial charge in [0.1, 0.15) is 5.82 Å². The monoisotopic (exact) mass is 435 g/mol. The third-order valence-corrected chi connectivity index (χ3v) is 5.90. The van der Waals surface area contributed by atoms with Crippen LogP contribution in [0, 0.1) is 0 Å². The van der Waals surface area contributed by atoms with Gasteiger partial charge < -0.3 is 10.3 Å². The summed E-state index contributed by atoms with van der Waals surface area (Å²) in [4.78, 5) is 23.8. The first kappa shape index (κ1) is 21.1. The standard InChI is InChI=1S/C19H22ClN5O3S/c1-11(2)25(29(4,27)28)17-7-8-21-19(24-17)22-12(3)15-10-13-9-14(20)5-6-16(13)23-18(15)26/h5-12H,1-4H3,(H,23,26)(H,21,22,24). The van der Waals surface area contributed by atoms with Gasteiger partial charge in [-0.1, -0.05) is 11.6 Å². The Balaban J connectivity index is 1.94. The van der Waals surface area contributed by atoms with Gasteiger partial charge in [0.05, 0.1) is 12.3 Å². The molecule has 0 fully saturated rings. The first-order valence-corrected chi connectivity index (χ1v) is 11.2. The van der Waals surface area contributed by atoms with E-state index in [1.54, 1.807) is 45.0 Å². The first-order chi connectivity index (χ1) is 13.6. The molecular weight excluding hydrogens is 414 g/mol. The number of H-pyrrole nitrogens is 1. The van der Waals surface area contributed by atoms with Crippen molar-refractivity contribution in [3.05, 3.63) is 57.5 Å². The largest absolute Gasteiger partial charge is 0.347 e. The van der Waals surface area contributed by atoms with Crippen molar-refractivity contribution in [1.82, 2.24) is 15.0 Å². The predicted octanol–water partition coefficient (Wildman–Crippen LogP) is 3.32. The van der Waals surface area contributed by atoms with Gasteiger partial charge in [0, 0.05) is 39.8 Å². The Morgan fingerprint density at radius 2 is 1.90 bits per heavy atom. The second-order valence-corrected chi connectivity index (χ2v) is 9.34. The molecule has 0 radical (unpaired) electrons. The fraction of sp³-hybridized carbons (Fsp3) is 0.316. The molecule has 0 saturated heterocycles. The van der Waals surface area contributed by atoms with Crippen molar-refractivity contribution in [1.29, 1.82) is 0 Å². The number of nitrogens with one attached hydrogen (secondary N) is 2. The molecule has 0 amide bonds. The Kier molecular flexibility index (Phi) is 5.81. The minimum Gasteiger partial charge on any atom is -0.347 e. The number of halogens is 1. The summed E-state index contributed by atoms with van der Waals surface area (Å²) >= 11 is 6.05. The average Bonchev–Trinajstić information content (AvgIpc) is 2.60. The highest BCUT2D eigenvalue weighted by Crippen LogP contribution is 2.23. The van der Waals surface area contributed by atoms with E-state index in [4.69, 9.17) is 11.6 Å². The lowest BCUT2D eigenvalue weighted by Gasteiger charge is -2.25. The second-order valence-electron chi connectivity index (χ2n) is 7.04. The molecule has 0 saturated carbocycles. The highest BCUT2D eigenvalue weighted by molar-refractivity contribution is 7.92. The zero-order valence-corrected chi connectivity index (χ0v) is 18.0. The molecule has 3 rings (SSSR count). The van der Waals surface area contributed by atoms with Gasteiger partial charge in [0.25, 0.3) is 5.56 Å². The van der Waals surface area contributed by atoms with Crippen molar-refractivity contribution in [3.8, 4) is 0 Å². The molecule has 2 N–H and O–H groups in total. The molecule has 154 valence electrons. The van der Waals surface area contributed by atoms with Crippen molar-refractivity contribution in [2.75, 3.05) is 15.9 Å². The van der Waals surface area contributed by atoms with E-state index in [-0.39, 0.29) is 23.4 Å². The van der Waals surface area contributed by atoms with Gasteiger partial charge in [-0.05, 0) is 45.0 Å². The van der Waals surface area contributed by atoms with Gasteiger partial charge in [0.2, 0.25) is 16.0 Å². The highest BCUT2D eigenvalue weighted by atomic mass is 35.5. The van der Waals surface area contributed by atoms with Gasteiger partial charge in [-0.25, -0.2) is 13.4 Å². The SMILES string of the molecule is CC(Nc1nccc(N(C(C)C)S(C)(=O)=O)n1)c1cc2cc(Cl)ccc2[nH]c1=O. The molecule has 0 aliphatic rings. The van der Waals surface area contributed by atoms with Crippen LogP contribution in [0.25, 0.3) is 10.9 Å². The summed E-state index contributed by atoms with van der Waals surface area (Å²) in [6.07, 6.45) is 2.60. The Hall–Kier alpha value is -2.65. The maximum Gasteiger partial charge on any atom is 0.253 e. The number of rotatable bonds is 6. The number of pyridine rings is 1. The van der Waals surface area contributed by atoms with Crippen LogP contribution in [-0.4, -0.2) is 35.7 Å². The topological polar surface area (TPSA) is 108 Å². The van der Waals surface area contributed by atoms with Crippen molar-refractivity contribution < 1.29 is 8.42 Å². The third-order valence-electron chi connectivity index (χ3n) is 4.34. The Morgan fingerprint density at radius 3 is 2.55 bits per heavy atom. The van der Waals surface area contributed by atoms with Gasteiger partial charge >= 0.3 is 0 Å². The number of hydrogen-bond donors (Lipinski definition) is 2. The predicted molar refractivity (Wildman–Crippen MR) is 116 cm³/mol. The van der Waals surface area contributed by atoms with E-state index in [0.29, 0.717) is 16.1 Å². The lowest BCUT2D eigenvalue weighted by molar-refractivity contribution is 0.589. The number of hydrogen-bond acceptors (Lipinski definition) is 6. The zero-order chi connectivity index (χ0) is 21.3. The number of aromatic amines is 1. The van der Waals surface area contributed by atoms with Crippen LogP contribution in [0.2, 0.25) is 5.02 Å². The number of sulfonamides is 1. The molecule has 1 unspecified atom stereocenters. The van der Waals surface area contributed by atoms with E-state index in [2.05, 4.69) is 20.3 Å². The molecule has 0 aliphatic heterocycles. The van der Waals surface area contributed by atoms with Crippen molar-refractivity contribution in [2.45, 2.75) is 32.9 Å². The lowest BCUT2D eigenvalue weighted by Crippen LogP contribution is -2.36. The van der Waals surface area contributed by atoms with Gasteiger partial charge in [-0.15, -0.1) is 0 Å². The number of aromatic nitrogens is 3. The van der Waals surface area contributed by atoms with Crippen molar-refractivity contribution in [3.63, 3.8) is 0 Å². The molecule has 3 aromatic rings. The third kappa shape index (κ3) is 4.68. The van der Waals surface area contributed by atoms with E-state index in [0.717, 1.165) is 11.6 Å².